The highest BCUT2D eigenvalue weighted by Crippen LogP contribution is 2.30. The van der Waals surface area contributed by atoms with E-state index in [0.717, 1.165) is 19.2 Å². The summed E-state index contributed by atoms with van der Waals surface area (Å²) in [4.78, 5) is 24.7. The molecule has 0 aliphatic heterocycles. The summed E-state index contributed by atoms with van der Waals surface area (Å²) in [5.41, 5.74) is 0.0150. The van der Waals surface area contributed by atoms with Gasteiger partial charge in [-0.3, -0.25) is 4.79 Å². The van der Waals surface area contributed by atoms with E-state index in [2.05, 4.69) is 0 Å². The van der Waals surface area contributed by atoms with E-state index in [0.29, 0.717) is 12.5 Å². The van der Waals surface area contributed by atoms with Crippen molar-refractivity contribution < 1.29 is 19.1 Å². The largest absolute Gasteiger partial charge is 0.478 e. The summed E-state index contributed by atoms with van der Waals surface area (Å²) in [5, 5.41) is 8.79. The number of aromatic carboxylic acids is 1. The summed E-state index contributed by atoms with van der Waals surface area (Å²) in [6, 6.07) is 1.29. The van der Waals surface area contributed by atoms with Gasteiger partial charge in [-0.1, -0.05) is 6.92 Å². The zero-order chi connectivity index (χ0) is 13.1. The van der Waals surface area contributed by atoms with Crippen LogP contribution in [0.25, 0.3) is 0 Å². The van der Waals surface area contributed by atoms with Crippen molar-refractivity contribution in [1.82, 2.24) is 4.90 Å². The van der Waals surface area contributed by atoms with Crippen molar-refractivity contribution in [2.45, 2.75) is 26.2 Å². The number of furan rings is 1. The molecule has 0 spiro atoms. The molecule has 1 saturated carbocycles. The van der Waals surface area contributed by atoms with Crippen molar-refractivity contribution in [3.05, 3.63) is 23.7 Å². The zero-order valence-corrected chi connectivity index (χ0v) is 10.4. The normalized spacial score (nSPS) is 14.5. The van der Waals surface area contributed by atoms with Gasteiger partial charge in [0, 0.05) is 19.2 Å². The average molecular weight is 251 g/mol. The van der Waals surface area contributed by atoms with Gasteiger partial charge >= 0.3 is 5.97 Å². The molecule has 1 aliphatic carbocycles. The van der Waals surface area contributed by atoms with Crippen LogP contribution in [0, 0.1) is 5.92 Å². The smallest absolute Gasteiger partial charge is 0.338 e. The molecule has 1 aromatic heterocycles. The molecule has 2 rings (SSSR count). The van der Waals surface area contributed by atoms with Gasteiger partial charge in [0.2, 0.25) is 0 Å². The number of hydrogen-bond acceptors (Lipinski definition) is 3. The van der Waals surface area contributed by atoms with Gasteiger partial charge in [0.25, 0.3) is 5.91 Å². The predicted molar refractivity (Wildman–Crippen MR) is 64.6 cm³/mol. The monoisotopic (exact) mass is 251 g/mol. The van der Waals surface area contributed by atoms with Crippen molar-refractivity contribution in [3.63, 3.8) is 0 Å². The highest BCUT2D eigenvalue weighted by Gasteiger charge is 2.28. The van der Waals surface area contributed by atoms with E-state index < -0.39 is 5.97 Å². The minimum Gasteiger partial charge on any atom is -0.478 e. The van der Waals surface area contributed by atoms with Crippen LogP contribution in [0.1, 0.15) is 47.1 Å². The number of carbonyl (C=O) groups is 2. The number of amides is 1. The summed E-state index contributed by atoms with van der Waals surface area (Å²) in [6.07, 6.45) is 4.33. The zero-order valence-electron chi connectivity index (χ0n) is 10.4. The lowest BCUT2D eigenvalue weighted by molar-refractivity contribution is 0.0693. The minimum atomic E-state index is -1.08. The Bertz CT molecular complexity index is 448. The summed E-state index contributed by atoms with van der Waals surface area (Å²) in [5.74, 6) is -0.575. The summed E-state index contributed by atoms with van der Waals surface area (Å²) in [6.45, 7) is 3.44. The third-order valence-electron chi connectivity index (χ3n) is 3.01. The Balaban J connectivity index is 2.07. The fourth-order valence-electron chi connectivity index (χ4n) is 1.87. The third-order valence-corrected chi connectivity index (χ3v) is 3.01. The Morgan fingerprint density at radius 3 is 2.72 bits per heavy atom. The van der Waals surface area contributed by atoms with E-state index in [9.17, 15) is 9.59 Å². The lowest BCUT2D eigenvalue weighted by Gasteiger charge is -2.20. The van der Waals surface area contributed by atoms with Gasteiger partial charge in [-0.25, -0.2) is 4.79 Å². The number of hydrogen-bond donors (Lipinski definition) is 1. The first-order chi connectivity index (χ1) is 8.61. The van der Waals surface area contributed by atoms with Gasteiger partial charge in [0.1, 0.15) is 6.26 Å². The van der Waals surface area contributed by atoms with Crippen molar-refractivity contribution in [2.75, 3.05) is 13.1 Å². The molecule has 0 bridgehead atoms. The van der Waals surface area contributed by atoms with E-state index in [1.165, 1.54) is 18.9 Å². The molecule has 1 amide bonds. The first kappa shape index (κ1) is 12.7. The lowest BCUT2D eigenvalue weighted by atomic mass is 10.2. The van der Waals surface area contributed by atoms with Gasteiger partial charge in [0.05, 0.1) is 5.56 Å². The van der Waals surface area contributed by atoms with Gasteiger partial charge in [-0.05, 0) is 25.2 Å². The number of rotatable bonds is 6. The van der Waals surface area contributed by atoms with E-state index in [1.807, 2.05) is 6.92 Å². The maximum absolute atomic E-state index is 12.2. The predicted octanol–water partition coefficient (Wildman–Crippen LogP) is 2.24. The average Bonchev–Trinajstić information content (AvgIpc) is 3.01. The first-order valence-electron chi connectivity index (χ1n) is 6.23. The molecule has 5 heteroatoms. The molecule has 0 atom stereocenters. The number of carboxylic acid groups (broad SMARTS) is 1. The summed E-state index contributed by atoms with van der Waals surface area (Å²) < 4.78 is 5.04. The third kappa shape index (κ3) is 2.91. The second-order valence-electron chi connectivity index (χ2n) is 4.70. The molecular formula is C13H17NO4. The topological polar surface area (TPSA) is 70.8 Å². The van der Waals surface area contributed by atoms with Crippen LogP contribution in [0.15, 0.2) is 16.7 Å². The van der Waals surface area contributed by atoms with E-state index in [-0.39, 0.29) is 17.2 Å². The Labute approximate surface area is 105 Å². The Kier molecular flexibility index (Phi) is 3.69. The maximum Gasteiger partial charge on any atom is 0.338 e. The summed E-state index contributed by atoms with van der Waals surface area (Å²) >= 11 is 0. The quantitative estimate of drug-likeness (QED) is 0.841. The van der Waals surface area contributed by atoms with Crippen molar-refractivity contribution in [1.29, 1.82) is 0 Å². The SMILES string of the molecule is CCCN(CC1CC1)C(=O)c1cc(C(=O)O)co1. The standard InChI is InChI=1S/C13H17NO4/c1-2-5-14(7-9-3-4-9)12(15)11-6-10(8-18-11)13(16)17/h6,8-9H,2-5,7H2,1H3,(H,16,17). The molecule has 0 aromatic carbocycles. The molecular weight excluding hydrogens is 234 g/mol. The van der Waals surface area contributed by atoms with Crippen LogP contribution in [-0.4, -0.2) is 35.0 Å². The fourth-order valence-corrected chi connectivity index (χ4v) is 1.87. The Hall–Kier alpha value is -1.78. The van der Waals surface area contributed by atoms with Crippen LogP contribution >= 0.6 is 0 Å². The molecule has 1 fully saturated rings. The van der Waals surface area contributed by atoms with Gasteiger partial charge in [-0.2, -0.15) is 0 Å². The van der Waals surface area contributed by atoms with Crippen molar-refractivity contribution in [2.24, 2.45) is 5.92 Å². The molecule has 1 N–H and O–H groups in total. The number of carbonyl (C=O) groups excluding carboxylic acids is 1. The van der Waals surface area contributed by atoms with Crippen molar-refractivity contribution >= 4 is 11.9 Å². The van der Waals surface area contributed by atoms with Crippen LogP contribution < -0.4 is 0 Å². The van der Waals surface area contributed by atoms with Gasteiger partial charge in [0.15, 0.2) is 5.76 Å². The van der Waals surface area contributed by atoms with Crippen LogP contribution in [0.2, 0.25) is 0 Å². The second-order valence-corrected chi connectivity index (χ2v) is 4.70. The molecule has 1 aliphatic rings. The van der Waals surface area contributed by atoms with Gasteiger partial charge < -0.3 is 14.4 Å². The summed E-state index contributed by atoms with van der Waals surface area (Å²) in [7, 11) is 0. The number of carboxylic acids is 1. The molecule has 0 unspecified atom stereocenters. The highest BCUT2D eigenvalue weighted by molar-refractivity contribution is 5.95. The Morgan fingerprint density at radius 1 is 1.50 bits per heavy atom. The molecule has 1 aromatic rings. The Morgan fingerprint density at radius 2 is 2.22 bits per heavy atom. The molecule has 98 valence electrons. The van der Waals surface area contributed by atoms with E-state index in [4.69, 9.17) is 9.52 Å². The molecule has 18 heavy (non-hydrogen) atoms. The number of nitrogens with zero attached hydrogens (tertiary/aromatic N) is 1. The van der Waals surface area contributed by atoms with Crippen LogP contribution in [-0.2, 0) is 0 Å². The molecule has 1 heterocycles. The van der Waals surface area contributed by atoms with Crippen molar-refractivity contribution in [3.8, 4) is 0 Å². The molecule has 0 saturated heterocycles. The maximum atomic E-state index is 12.2. The minimum absolute atomic E-state index is 0.0150. The van der Waals surface area contributed by atoms with Crippen LogP contribution in [0.3, 0.4) is 0 Å². The highest BCUT2D eigenvalue weighted by atomic mass is 16.4. The van der Waals surface area contributed by atoms with Crippen LogP contribution in [0.4, 0.5) is 0 Å². The fraction of sp³-hybridized carbons (Fsp3) is 0.538. The lowest BCUT2D eigenvalue weighted by Crippen LogP contribution is -2.33. The first-order valence-corrected chi connectivity index (χ1v) is 6.23. The van der Waals surface area contributed by atoms with Gasteiger partial charge in [-0.15, -0.1) is 0 Å². The van der Waals surface area contributed by atoms with Crippen LogP contribution in [0.5, 0.6) is 0 Å². The molecule has 5 nitrogen and oxygen atoms in total. The van der Waals surface area contributed by atoms with E-state index >= 15 is 0 Å². The second kappa shape index (κ2) is 5.25. The van der Waals surface area contributed by atoms with E-state index in [1.54, 1.807) is 4.90 Å². The molecule has 0 radical (unpaired) electrons.